The van der Waals surface area contributed by atoms with Crippen molar-refractivity contribution in [3.05, 3.63) is 0 Å². The van der Waals surface area contributed by atoms with Crippen molar-refractivity contribution in [1.29, 1.82) is 0 Å². The molecule has 2 bridgehead atoms. The Morgan fingerprint density at radius 3 is 2.92 bits per heavy atom. The lowest BCUT2D eigenvalue weighted by Crippen LogP contribution is -2.50. The molecule has 0 aromatic heterocycles. The molecule has 0 aromatic carbocycles. The van der Waals surface area contributed by atoms with Crippen LogP contribution in [0.15, 0.2) is 0 Å². The van der Waals surface area contributed by atoms with Gasteiger partial charge in [-0.25, -0.2) is 0 Å². The second-order valence-corrected chi connectivity index (χ2v) is 4.58. The minimum atomic E-state index is -0.503. The van der Waals surface area contributed by atoms with E-state index < -0.39 is 5.60 Å². The van der Waals surface area contributed by atoms with Crippen LogP contribution in [-0.2, 0) is 0 Å². The van der Waals surface area contributed by atoms with Crippen LogP contribution in [0.4, 0.5) is 0 Å². The molecule has 0 spiro atoms. The second kappa shape index (κ2) is 3.00. The standard InChI is InChI=1S/C10H19NO/c11-7-10(12)5-4-8-2-1-3-9(10)6-8/h8-9,12H,1-7,11H2. The van der Waals surface area contributed by atoms with Gasteiger partial charge in [0.2, 0.25) is 0 Å². The van der Waals surface area contributed by atoms with Crippen molar-refractivity contribution in [1.82, 2.24) is 0 Å². The molecule has 12 heavy (non-hydrogen) atoms. The maximum Gasteiger partial charge on any atom is 0.0797 e. The zero-order chi connectivity index (χ0) is 8.60. The van der Waals surface area contributed by atoms with Crippen LogP contribution in [0.25, 0.3) is 0 Å². The normalized spacial score (nSPS) is 47.5. The maximum atomic E-state index is 10.2. The van der Waals surface area contributed by atoms with E-state index in [0.29, 0.717) is 12.5 Å². The Labute approximate surface area is 74.1 Å². The van der Waals surface area contributed by atoms with Crippen molar-refractivity contribution in [2.45, 2.75) is 44.1 Å². The summed E-state index contributed by atoms with van der Waals surface area (Å²) in [6.45, 7) is 0.463. The van der Waals surface area contributed by atoms with Crippen LogP contribution in [-0.4, -0.2) is 17.3 Å². The molecular weight excluding hydrogens is 150 g/mol. The molecular formula is C10H19NO. The van der Waals surface area contributed by atoms with Crippen LogP contribution in [0, 0.1) is 11.8 Å². The molecule has 2 rings (SSSR count). The lowest BCUT2D eigenvalue weighted by Gasteiger charge is -2.45. The highest BCUT2D eigenvalue weighted by Gasteiger charge is 2.42. The fourth-order valence-corrected chi connectivity index (χ4v) is 2.97. The van der Waals surface area contributed by atoms with Crippen LogP contribution in [0.2, 0.25) is 0 Å². The molecule has 0 heterocycles. The SMILES string of the molecule is NCC1(O)CCC2CCCC1C2. The molecule has 2 aliphatic carbocycles. The van der Waals surface area contributed by atoms with Gasteiger partial charge >= 0.3 is 0 Å². The molecule has 0 aromatic rings. The van der Waals surface area contributed by atoms with Gasteiger partial charge in [-0.05, 0) is 37.5 Å². The Kier molecular flexibility index (Phi) is 2.13. The summed E-state index contributed by atoms with van der Waals surface area (Å²) in [5.41, 5.74) is 5.12. The van der Waals surface area contributed by atoms with Gasteiger partial charge in [-0.1, -0.05) is 12.8 Å². The van der Waals surface area contributed by atoms with Gasteiger partial charge in [0.1, 0.15) is 0 Å². The van der Waals surface area contributed by atoms with Gasteiger partial charge in [-0.15, -0.1) is 0 Å². The number of hydrogen-bond acceptors (Lipinski definition) is 2. The van der Waals surface area contributed by atoms with Crippen LogP contribution >= 0.6 is 0 Å². The van der Waals surface area contributed by atoms with Crippen LogP contribution in [0.5, 0.6) is 0 Å². The first-order valence-corrected chi connectivity index (χ1v) is 5.17. The highest BCUT2D eigenvalue weighted by molar-refractivity contribution is 4.95. The Balaban J connectivity index is 2.08. The molecule has 3 atom stereocenters. The summed E-state index contributed by atoms with van der Waals surface area (Å²) in [5, 5.41) is 10.2. The number of nitrogens with two attached hydrogens (primary N) is 1. The monoisotopic (exact) mass is 169 g/mol. The Morgan fingerprint density at radius 2 is 2.17 bits per heavy atom. The average Bonchev–Trinajstić information content (AvgIpc) is 2.13. The number of aliphatic hydroxyl groups is 1. The fourth-order valence-electron chi connectivity index (χ4n) is 2.97. The zero-order valence-electron chi connectivity index (χ0n) is 7.63. The lowest BCUT2D eigenvalue weighted by molar-refractivity contribution is -0.0711. The first-order valence-electron chi connectivity index (χ1n) is 5.17. The summed E-state index contributed by atoms with van der Waals surface area (Å²) >= 11 is 0. The predicted octanol–water partition coefficient (Wildman–Crippen LogP) is 1.28. The average molecular weight is 169 g/mol. The third-order valence-electron chi connectivity index (χ3n) is 3.88. The van der Waals surface area contributed by atoms with Crippen LogP contribution in [0.1, 0.15) is 38.5 Å². The van der Waals surface area contributed by atoms with Gasteiger partial charge in [-0.3, -0.25) is 0 Å². The van der Waals surface area contributed by atoms with E-state index in [9.17, 15) is 5.11 Å². The molecule has 3 N–H and O–H groups in total. The minimum absolute atomic E-state index is 0.463. The first-order chi connectivity index (χ1) is 5.74. The maximum absolute atomic E-state index is 10.2. The third kappa shape index (κ3) is 1.27. The van der Waals surface area contributed by atoms with Gasteiger partial charge in [0.25, 0.3) is 0 Å². The fraction of sp³-hybridized carbons (Fsp3) is 1.00. The van der Waals surface area contributed by atoms with Crippen LogP contribution in [0.3, 0.4) is 0 Å². The van der Waals surface area contributed by atoms with Crippen molar-refractivity contribution in [3.8, 4) is 0 Å². The molecule has 70 valence electrons. The van der Waals surface area contributed by atoms with E-state index in [-0.39, 0.29) is 0 Å². The van der Waals surface area contributed by atoms with Gasteiger partial charge in [0.15, 0.2) is 0 Å². The Morgan fingerprint density at radius 1 is 1.33 bits per heavy atom. The summed E-state index contributed by atoms with van der Waals surface area (Å²) in [7, 11) is 0. The van der Waals surface area contributed by atoms with Crippen LogP contribution < -0.4 is 5.73 Å². The Bertz CT molecular complexity index is 171. The summed E-state index contributed by atoms with van der Waals surface area (Å²) < 4.78 is 0. The van der Waals surface area contributed by atoms with Crippen molar-refractivity contribution >= 4 is 0 Å². The molecule has 2 saturated carbocycles. The molecule has 2 fully saturated rings. The van der Waals surface area contributed by atoms with E-state index in [4.69, 9.17) is 5.73 Å². The van der Waals surface area contributed by atoms with E-state index in [2.05, 4.69) is 0 Å². The summed E-state index contributed by atoms with van der Waals surface area (Å²) in [4.78, 5) is 0. The molecule has 0 aliphatic heterocycles. The second-order valence-electron chi connectivity index (χ2n) is 4.58. The van der Waals surface area contributed by atoms with Gasteiger partial charge in [0.05, 0.1) is 5.60 Å². The van der Waals surface area contributed by atoms with E-state index in [1.54, 1.807) is 0 Å². The van der Waals surface area contributed by atoms with Gasteiger partial charge in [-0.2, -0.15) is 0 Å². The lowest BCUT2D eigenvalue weighted by atomic mass is 9.64. The predicted molar refractivity (Wildman–Crippen MR) is 48.7 cm³/mol. The molecule has 2 aliphatic rings. The van der Waals surface area contributed by atoms with Crippen molar-refractivity contribution < 1.29 is 5.11 Å². The molecule has 2 heteroatoms. The van der Waals surface area contributed by atoms with Crippen molar-refractivity contribution in [2.75, 3.05) is 6.54 Å². The topological polar surface area (TPSA) is 46.2 Å². The number of hydrogen-bond donors (Lipinski definition) is 2. The quantitative estimate of drug-likeness (QED) is 0.621. The molecule has 0 amide bonds. The molecule has 3 unspecified atom stereocenters. The van der Waals surface area contributed by atoms with E-state index in [1.165, 1.54) is 32.1 Å². The van der Waals surface area contributed by atoms with E-state index >= 15 is 0 Å². The summed E-state index contributed by atoms with van der Waals surface area (Å²) in [6, 6.07) is 0. The summed E-state index contributed by atoms with van der Waals surface area (Å²) in [6.07, 6.45) is 7.26. The third-order valence-corrected chi connectivity index (χ3v) is 3.88. The molecule has 2 nitrogen and oxygen atoms in total. The highest BCUT2D eigenvalue weighted by Crippen LogP contribution is 2.44. The Hall–Kier alpha value is -0.0800. The van der Waals surface area contributed by atoms with Gasteiger partial charge in [0, 0.05) is 6.54 Å². The largest absolute Gasteiger partial charge is 0.388 e. The van der Waals surface area contributed by atoms with Gasteiger partial charge < -0.3 is 10.8 Å². The smallest absolute Gasteiger partial charge is 0.0797 e. The van der Waals surface area contributed by atoms with Crippen molar-refractivity contribution in [3.63, 3.8) is 0 Å². The van der Waals surface area contributed by atoms with E-state index in [1.807, 2.05) is 0 Å². The zero-order valence-corrected chi connectivity index (χ0v) is 7.63. The number of fused-ring (bicyclic) bond motifs is 2. The van der Waals surface area contributed by atoms with E-state index in [0.717, 1.165) is 12.3 Å². The number of rotatable bonds is 1. The molecule has 0 radical (unpaired) electrons. The minimum Gasteiger partial charge on any atom is -0.388 e. The summed E-state index contributed by atoms with van der Waals surface area (Å²) in [5.74, 6) is 1.41. The first kappa shape index (κ1) is 8.52. The van der Waals surface area contributed by atoms with Crippen molar-refractivity contribution in [2.24, 2.45) is 17.6 Å². The highest BCUT2D eigenvalue weighted by atomic mass is 16.3. The molecule has 0 saturated heterocycles.